The van der Waals surface area contributed by atoms with Crippen molar-refractivity contribution in [1.29, 1.82) is 0 Å². The summed E-state index contributed by atoms with van der Waals surface area (Å²) in [7, 11) is 2.16. The van der Waals surface area contributed by atoms with Crippen molar-refractivity contribution in [3.63, 3.8) is 0 Å². The molecule has 1 aromatic carbocycles. The summed E-state index contributed by atoms with van der Waals surface area (Å²) >= 11 is 0. The van der Waals surface area contributed by atoms with Gasteiger partial charge in [-0.3, -0.25) is 4.79 Å². The minimum Gasteiger partial charge on any atom is -0.490 e. The van der Waals surface area contributed by atoms with Crippen molar-refractivity contribution in [1.82, 2.24) is 4.90 Å². The number of hydrogen-bond donors (Lipinski definition) is 0. The maximum absolute atomic E-state index is 10.9. The monoisotopic (exact) mass is 277 g/mol. The van der Waals surface area contributed by atoms with E-state index >= 15 is 0 Å². The minimum atomic E-state index is -0.306. The molecule has 1 aliphatic rings. The molecule has 0 amide bonds. The second kappa shape index (κ2) is 6.75. The van der Waals surface area contributed by atoms with E-state index in [9.17, 15) is 4.79 Å². The van der Waals surface area contributed by atoms with Crippen LogP contribution >= 0.6 is 0 Å². The molecule has 4 nitrogen and oxygen atoms in total. The molecular weight excluding hydrogens is 254 g/mol. The molecular formula is C16H23NO3. The second-order valence-electron chi connectivity index (χ2n) is 5.60. The molecule has 1 fully saturated rings. The molecule has 0 radical (unpaired) electrons. The number of carbonyl (C=O) groups is 1. The topological polar surface area (TPSA) is 38.8 Å². The van der Waals surface area contributed by atoms with Crippen LogP contribution in [0.4, 0.5) is 0 Å². The number of rotatable bonds is 3. The molecule has 1 saturated heterocycles. The zero-order valence-corrected chi connectivity index (χ0v) is 12.5. The van der Waals surface area contributed by atoms with Gasteiger partial charge in [0.05, 0.1) is 0 Å². The molecule has 4 heteroatoms. The number of carbonyl (C=O) groups excluding carboxylic acids is 1. The Bertz CT molecular complexity index is 444. The Labute approximate surface area is 120 Å². The van der Waals surface area contributed by atoms with Gasteiger partial charge in [-0.05, 0) is 50.7 Å². The largest absolute Gasteiger partial charge is 0.490 e. The Balaban J connectivity index is 1.96. The molecule has 2 atom stereocenters. The molecule has 0 spiro atoms. The van der Waals surface area contributed by atoms with Gasteiger partial charge in [0.1, 0.15) is 17.6 Å². The summed E-state index contributed by atoms with van der Waals surface area (Å²) in [6.07, 6.45) is 2.49. The van der Waals surface area contributed by atoms with Crippen LogP contribution < -0.4 is 9.47 Å². The highest BCUT2D eigenvalue weighted by Gasteiger charge is 2.23. The third kappa shape index (κ3) is 4.23. The van der Waals surface area contributed by atoms with Crippen molar-refractivity contribution < 1.29 is 14.3 Å². The maximum Gasteiger partial charge on any atom is 0.308 e. The van der Waals surface area contributed by atoms with E-state index in [1.165, 1.54) is 6.92 Å². The lowest BCUT2D eigenvalue weighted by Gasteiger charge is -2.24. The van der Waals surface area contributed by atoms with Crippen LogP contribution in [0.25, 0.3) is 0 Å². The number of likely N-dealkylation sites (tertiary alicyclic amines) is 1. The molecule has 1 aliphatic heterocycles. The fourth-order valence-corrected chi connectivity index (χ4v) is 2.65. The van der Waals surface area contributed by atoms with Gasteiger partial charge in [0.15, 0.2) is 0 Å². The van der Waals surface area contributed by atoms with Gasteiger partial charge in [0, 0.05) is 19.4 Å². The molecule has 20 heavy (non-hydrogen) atoms. The Morgan fingerprint density at radius 1 is 1.25 bits per heavy atom. The van der Waals surface area contributed by atoms with Crippen LogP contribution in [-0.4, -0.2) is 37.1 Å². The first-order chi connectivity index (χ1) is 9.54. The van der Waals surface area contributed by atoms with Crippen LogP contribution in [0.1, 0.15) is 26.7 Å². The van der Waals surface area contributed by atoms with Crippen molar-refractivity contribution in [2.75, 3.05) is 20.1 Å². The van der Waals surface area contributed by atoms with E-state index in [4.69, 9.17) is 9.47 Å². The quantitative estimate of drug-likeness (QED) is 0.629. The van der Waals surface area contributed by atoms with Crippen LogP contribution in [-0.2, 0) is 4.79 Å². The first-order valence-corrected chi connectivity index (χ1v) is 7.18. The van der Waals surface area contributed by atoms with E-state index < -0.39 is 0 Å². The standard InChI is InChI=1S/C16H23NO3/c1-12-11-17(3)10-4-5-16(12)20-15-8-6-14(7-9-15)19-13(2)18/h6-9,12,16H,4-5,10-11H2,1-3H3. The molecule has 0 N–H and O–H groups in total. The zero-order chi connectivity index (χ0) is 14.5. The molecule has 0 aliphatic carbocycles. The predicted octanol–water partition coefficient (Wildman–Crippen LogP) is 2.72. The molecule has 1 heterocycles. The lowest BCUT2D eigenvalue weighted by molar-refractivity contribution is -0.131. The van der Waals surface area contributed by atoms with Crippen molar-refractivity contribution in [2.45, 2.75) is 32.8 Å². The number of nitrogens with zero attached hydrogens (tertiary/aromatic N) is 1. The van der Waals surface area contributed by atoms with Gasteiger partial charge >= 0.3 is 5.97 Å². The van der Waals surface area contributed by atoms with E-state index in [0.29, 0.717) is 11.7 Å². The fraction of sp³-hybridized carbons (Fsp3) is 0.562. The Kier molecular flexibility index (Phi) is 5.01. The third-order valence-electron chi connectivity index (χ3n) is 3.64. The highest BCUT2D eigenvalue weighted by Crippen LogP contribution is 2.24. The Morgan fingerprint density at radius 2 is 1.90 bits per heavy atom. The maximum atomic E-state index is 10.9. The smallest absolute Gasteiger partial charge is 0.308 e. The Morgan fingerprint density at radius 3 is 2.55 bits per heavy atom. The summed E-state index contributed by atoms with van der Waals surface area (Å²) in [6.45, 7) is 5.83. The third-order valence-corrected chi connectivity index (χ3v) is 3.64. The first-order valence-electron chi connectivity index (χ1n) is 7.18. The number of ether oxygens (including phenoxy) is 2. The predicted molar refractivity (Wildman–Crippen MR) is 78.1 cm³/mol. The summed E-state index contributed by atoms with van der Waals surface area (Å²) in [4.78, 5) is 13.2. The van der Waals surface area contributed by atoms with Crippen LogP contribution in [0.5, 0.6) is 11.5 Å². The van der Waals surface area contributed by atoms with E-state index in [1.54, 1.807) is 12.1 Å². The molecule has 2 unspecified atom stereocenters. The number of hydrogen-bond acceptors (Lipinski definition) is 4. The van der Waals surface area contributed by atoms with Gasteiger partial charge < -0.3 is 14.4 Å². The minimum absolute atomic E-state index is 0.250. The number of benzene rings is 1. The Hall–Kier alpha value is -1.55. The van der Waals surface area contributed by atoms with Gasteiger partial charge in [0.2, 0.25) is 0 Å². The average Bonchev–Trinajstić information content (AvgIpc) is 2.53. The lowest BCUT2D eigenvalue weighted by Crippen LogP contribution is -2.30. The highest BCUT2D eigenvalue weighted by atomic mass is 16.5. The van der Waals surface area contributed by atoms with Crippen LogP contribution in [0.15, 0.2) is 24.3 Å². The van der Waals surface area contributed by atoms with Crippen molar-refractivity contribution >= 4 is 5.97 Å². The zero-order valence-electron chi connectivity index (χ0n) is 12.5. The van der Waals surface area contributed by atoms with Gasteiger partial charge in [0.25, 0.3) is 0 Å². The first kappa shape index (κ1) is 14.9. The average molecular weight is 277 g/mol. The van der Waals surface area contributed by atoms with Gasteiger partial charge in [-0.25, -0.2) is 0 Å². The van der Waals surface area contributed by atoms with Gasteiger partial charge in [-0.1, -0.05) is 6.92 Å². The summed E-state index contributed by atoms with van der Waals surface area (Å²) in [6, 6.07) is 7.26. The summed E-state index contributed by atoms with van der Waals surface area (Å²) in [5.41, 5.74) is 0. The molecule has 0 aromatic heterocycles. The van der Waals surface area contributed by atoms with Crippen molar-refractivity contribution in [3.05, 3.63) is 24.3 Å². The normalized spacial score (nSPS) is 23.9. The summed E-state index contributed by atoms with van der Waals surface area (Å²) < 4.78 is 11.1. The van der Waals surface area contributed by atoms with Gasteiger partial charge in [-0.15, -0.1) is 0 Å². The highest BCUT2D eigenvalue weighted by molar-refractivity contribution is 5.69. The van der Waals surface area contributed by atoms with E-state index in [0.717, 1.165) is 31.7 Å². The van der Waals surface area contributed by atoms with E-state index in [-0.39, 0.29) is 12.1 Å². The molecule has 1 aromatic rings. The van der Waals surface area contributed by atoms with Crippen LogP contribution in [0.3, 0.4) is 0 Å². The van der Waals surface area contributed by atoms with Crippen LogP contribution in [0, 0.1) is 5.92 Å². The lowest BCUT2D eigenvalue weighted by atomic mass is 10.0. The molecule has 110 valence electrons. The molecule has 2 rings (SSSR count). The van der Waals surface area contributed by atoms with E-state index in [2.05, 4.69) is 18.9 Å². The number of esters is 1. The second-order valence-corrected chi connectivity index (χ2v) is 5.60. The molecule has 0 saturated carbocycles. The molecule has 0 bridgehead atoms. The summed E-state index contributed by atoms with van der Waals surface area (Å²) in [5.74, 6) is 1.59. The summed E-state index contributed by atoms with van der Waals surface area (Å²) in [5, 5.41) is 0. The SMILES string of the molecule is CC(=O)Oc1ccc(OC2CCCN(C)CC2C)cc1. The van der Waals surface area contributed by atoms with Crippen LogP contribution in [0.2, 0.25) is 0 Å². The van der Waals surface area contributed by atoms with Gasteiger partial charge in [-0.2, -0.15) is 0 Å². The van der Waals surface area contributed by atoms with Crippen molar-refractivity contribution in [2.24, 2.45) is 5.92 Å². The van der Waals surface area contributed by atoms with E-state index in [1.807, 2.05) is 12.1 Å². The fourth-order valence-electron chi connectivity index (χ4n) is 2.65. The van der Waals surface area contributed by atoms with Crippen molar-refractivity contribution in [3.8, 4) is 11.5 Å².